The molecule has 1 fully saturated rings. The van der Waals surface area contributed by atoms with Crippen molar-refractivity contribution in [2.45, 2.75) is 19.9 Å². The molecule has 20 heavy (non-hydrogen) atoms. The molecule has 1 N–H and O–H groups in total. The Labute approximate surface area is 119 Å². The number of piperazine rings is 1. The third kappa shape index (κ3) is 2.54. The van der Waals surface area contributed by atoms with E-state index in [0.29, 0.717) is 18.5 Å². The highest BCUT2D eigenvalue weighted by Gasteiger charge is 2.21. The quantitative estimate of drug-likeness (QED) is 0.923. The zero-order valence-corrected chi connectivity index (χ0v) is 12.0. The number of anilines is 1. The molecular weight excluding hydrogens is 252 g/mol. The molecule has 1 aliphatic rings. The van der Waals surface area contributed by atoms with Gasteiger partial charge in [-0.05, 0) is 26.0 Å². The van der Waals surface area contributed by atoms with E-state index >= 15 is 0 Å². The molecule has 5 nitrogen and oxygen atoms in total. The molecule has 5 heteroatoms. The maximum Gasteiger partial charge on any atom is 0.258 e. The predicted octanol–water partition coefficient (Wildman–Crippen LogP) is 1.83. The van der Waals surface area contributed by atoms with Crippen LogP contribution in [0.3, 0.4) is 0 Å². The second-order valence-corrected chi connectivity index (χ2v) is 5.08. The van der Waals surface area contributed by atoms with Gasteiger partial charge in [0.2, 0.25) is 0 Å². The number of hydrogen-bond donors (Lipinski definition) is 1. The van der Waals surface area contributed by atoms with Crippen molar-refractivity contribution in [2.75, 3.05) is 31.1 Å². The molecule has 1 saturated heterocycles. The van der Waals surface area contributed by atoms with E-state index in [4.69, 9.17) is 9.72 Å². The molecule has 0 saturated carbocycles. The number of aromatic nitrogens is 2. The predicted molar refractivity (Wildman–Crippen MR) is 80.4 cm³/mol. The van der Waals surface area contributed by atoms with E-state index in [-0.39, 0.29) is 0 Å². The smallest absolute Gasteiger partial charge is 0.258 e. The maximum absolute atomic E-state index is 5.70. The first-order valence-corrected chi connectivity index (χ1v) is 7.16. The van der Waals surface area contributed by atoms with Crippen LogP contribution in [0.1, 0.15) is 13.8 Å². The highest BCUT2D eigenvalue weighted by molar-refractivity contribution is 5.77. The van der Waals surface area contributed by atoms with Crippen molar-refractivity contribution < 1.29 is 4.74 Å². The van der Waals surface area contributed by atoms with Gasteiger partial charge in [-0.1, -0.05) is 12.1 Å². The van der Waals surface area contributed by atoms with E-state index in [9.17, 15) is 0 Å². The van der Waals surface area contributed by atoms with Crippen LogP contribution in [0.15, 0.2) is 24.3 Å². The van der Waals surface area contributed by atoms with Gasteiger partial charge >= 0.3 is 0 Å². The minimum atomic E-state index is 0.450. The largest absolute Gasteiger partial charge is 0.475 e. The first-order valence-electron chi connectivity index (χ1n) is 7.16. The summed E-state index contributed by atoms with van der Waals surface area (Å²) in [6.07, 6.45) is 0. The van der Waals surface area contributed by atoms with Gasteiger partial charge in [-0.3, -0.25) is 0 Å². The topological polar surface area (TPSA) is 50.3 Å². The lowest BCUT2D eigenvalue weighted by Gasteiger charge is -2.33. The van der Waals surface area contributed by atoms with Gasteiger partial charge in [0.1, 0.15) is 0 Å². The van der Waals surface area contributed by atoms with E-state index < -0.39 is 0 Å². The Bertz CT molecular complexity index is 601. The highest BCUT2D eigenvalue weighted by atomic mass is 16.5. The number of hydrogen-bond acceptors (Lipinski definition) is 5. The molecule has 1 atom stereocenters. The summed E-state index contributed by atoms with van der Waals surface area (Å²) in [4.78, 5) is 11.6. The van der Waals surface area contributed by atoms with Crippen LogP contribution in [0.4, 0.5) is 5.82 Å². The molecule has 0 amide bonds. The highest BCUT2D eigenvalue weighted by Crippen LogP contribution is 2.27. The summed E-state index contributed by atoms with van der Waals surface area (Å²) < 4.78 is 5.70. The number of benzene rings is 1. The van der Waals surface area contributed by atoms with Crippen LogP contribution >= 0.6 is 0 Å². The van der Waals surface area contributed by atoms with Crippen molar-refractivity contribution in [2.24, 2.45) is 0 Å². The third-order valence-electron chi connectivity index (χ3n) is 3.47. The molecule has 3 rings (SSSR count). The second-order valence-electron chi connectivity index (χ2n) is 5.08. The summed E-state index contributed by atoms with van der Waals surface area (Å²) >= 11 is 0. The number of rotatable bonds is 3. The fraction of sp³-hybridized carbons (Fsp3) is 0.467. The molecule has 0 aliphatic carbocycles. The Morgan fingerprint density at radius 3 is 2.75 bits per heavy atom. The van der Waals surface area contributed by atoms with E-state index in [0.717, 1.165) is 36.5 Å². The monoisotopic (exact) mass is 272 g/mol. The van der Waals surface area contributed by atoms with Crippen molar-refractivity contribution in [3.8, 4) is 5.88 Å². The Balaban J connectivity index is 2.04. The molecule has 0 spiro atoms. The summed E-state index contributed by atoms with van der Waals surface area (Å²) in [5.41, 5.74) is 1.79. The molecule has 0 unspecified atom stereocenters. The van der Waals surface area contributed by atoms with Gasteiger partial charge in [0.15, 0.2) is 5.82 Å². The lowest BCUT2D eigenvalue weighted by atomic mass is 10.2. The van der Waals surface area contributed by atoms with E-state index in [2.05, 4.69) is 22.1 Å². The van der Waals surface area contributed by atoms with Gasteiger partial charge in [0, 0.05) is 25.7 Å². The van der Waals surface area contributed by atoms with Crippen LogP contribution in [0.25, 0.3) is 11.0 Å². The van der Waals surface area contributed by atoms with Gasteiger partial charge in [-0.15, -0.1) is 0 Å². The van der Waals surface area contributed by atoms with Crippen LogP contribution in [0.5, 0.6) is 5.88 Å². The van der Waals surface area contributed by atoms with Gasteiger partial charge in [-0.25, -0.2) is 9.97 Å². The zero-order valence-electron chi connectivity index (χ0n) is 12.0. The van der Waals surface area contributed by atoms with Crippen molar-refractivity contribution in [3.05, 3.63) is 24.3 Å². The zero-order chi connectivity index (χ0) is 13.9. The van der Waals surface area contributed by atoms with E-state index in [1.165, 1.54) is 0 Å². The molecule has 1 aromatic heterocycles. The Morgan fingerprint density at radius 1 is 1.30 bits per heavy atom. The normalized spacial score (nSPS) is 19.3. The number of ether oxygens (including phenoxy) is 1. The van der Waals surface area contributed by atoms with Gasteiger partial charge < -0.3 is 15.0 Å². The van der Waals surface area contributed by atoms with Crippen LogP contribution in [-0.2, 0) is 0 Å². The minimum Gasteiger partial charge on any atom is -0.475 e. The Morgan fingerprint density at radius 2 is 2.05 bits per heavy atom. The summed E-state index contributed by atoms with van der Waals surface area (Å²) in [5, 5.41) is 3.44. The van der Waals surface area contributed by atoms with Gasteiger partial charge in [0.25, 0.3) is 5.88 Å². The average molecular weight is 272 g/mol. The van der Waals surface area contributed by atoms with Crippen molar-refractivity contribution in [1.82, 2.24) is 15.3 Å². The molecule has 0 radical (unpaired) electrons. The maximum atomic E-state index is 5.70. The van der Waals surface area contributed by atoms with Gasteiger partial charge in [0.05, 0.1) is 17.6 Å². The van der Waals surface area contributed by atoms with E-state index in [1.54, 1.807) is 0 Å². The first-order chi connectivity index (χ1) is 9.78. The first kappa shape index (κ1) is 13.1. The summed E-state index contributed by atoms with van der Waals surface area (Å²) in [6, 6.07) is 8.37. The fourth-order valence-electron chi connectivity index (χ4n) is 2.54. The lowest BCUT2D eigenvalue weighted by molar-refractivity contribution is 0.325. The summed E-state index contributed by atoms with van der Waals surface area (Å²) in [5.74, 6) is 1.50. The molecule has 106 valence electrons. The minimum absolute atomic E-state index is 0.450. The number of fused-ring (bicyclic) bond motifs is 1. The number of nitrogens with zero attached hydrogens (tertiary/aromatic N) is 3. The number of nitrogens with one attached hydrogen (secondary N) is 1. The van der Waals surface area contributed by atoms with Crippen LogP contribution in [-0.4, -0.2) is 42.3 Å². The SMILES string of the molecule is CCOc1nc2ccccc2nc1N1CCN[C@H](C)C1. The summed E-state index contributed by atoms with van der Waals surface area (Å²) in [6.45, 7) is 7.56. The molecule has 1 aliphatic heterocycles. The van der Waals surface area contributed by atoms with Crippen LogP contribution in [0.2, 0.25) is 0 Å². The Hall–Kier alpha value is -1.88. The number of para-hydroxylation sites is 2. The second kappa shape index (κ2) is 5.63. The van der Waals surface area contributed by atoms with Gasteiger partial charge in [-0.2, -0.15) is 0 Å². The molecule has 2 heterocycles. The molecule has 0 bridgehead atoms. The fourth-order valence-corrected chi connectivity index (χ4v) is 2.54. The van der Waals surface area contributed by atoms with Crippen molar-refractivity contribution in [1.29, 1.82) is 0 Å². The molecule has 2 aromatic rings. The third-order valence-corrected chi connectivity index (χ3v) is 3.47. The van der Waals surface area contributed by atoms with Crippen molar-refractivity contribution >= 4 is 16.9 Å². The molecular formula is C15H20N4O. The Kier molecular flexibility index (Phi) is 3.69. The van der Waals surface area contributed by atoms with Crippen LogP contribution < -0.4 is 15.0 Å². The standard InChI is InChI=1S/C15H20N4O/c1-3-20-15-14(19-9-8-16-11(2)10-19)17-12-6-4-5-7-13(12)18-15/h4-7,11,16H,3,8-10H2,1-2H3/t11-/m1/s1. The average Bonchev–Trinajstić information content (AvgIpc) is 2.47. The molecule has 1 aromatic carbocycles. The lowest BCUT2D eigenvalue weighted by Crippen LogP contribution is -2.49. The van der Waals surface area contributed by atoms with Crippen LogP contribution in [0, 0.1) is 0 Å². The van der Waals surface area contributed by atoms with Crippen molar-refractivity contribution in [3.63, 3.8) is 0 Å². The summed E-state index contributed by atoms with van der Waals surface area (Å²) in [7, 11) is 0. The van der Waals surface area contributed by atoms with E-state index in [1.807, 2.05) is 31.2 Å².